The first kappa shape index (κ1) is 15.2. The minimum absolute atomic E-state index is 0.331. The molecule has 0 atom stereocenters. The van der Waals surface area contributed by atoms with Crippen molar-refractivity contribution in [1.82, 2.24) is 4.98 Å². The van der Waals surface area contributed by atoms with Crippen LogP contribution in [0.1, 0.15) is 16.1 Å². The van der Waals surface area contributed by atoms with Crippen molar-refractivity contribution in [1.29, 1.82) is 0 Å². The molecule has 4 nitrogen and oxygen atoms in total. The summed E-state index contributed by atoms with van der Waals surface area (Å²) >= 11 is 1.56. The highest BCUT2D eigenvalue weighted by molar-refractivity contribution is 7.13. The quantitative estimate of drug-likeness (QED) is 0.637. The van der Waals surface area contributed by atoms with E-state index in [9.17, 15) is 4.79 Å². The molecule has 23 heavy (non-hydrogen) atoms. The monoisotopic (exact) mass is 325 g/mol. The maximum absolute atomic E-state index is 11.0. The molecule has 0 aliphatic rings. The third-order valence-corrected chi connectivity index (χ3v) is 4.25. The van der Waals surface area contributed by atoms with E-state index in [-0.39, 0.29) is 0 Å². The van der Waals surface area contributed by atoms with Gasteiger partial charge in [0.25, 0.3) is 0 Å². The Bertz CT molecular complexity index is 796. The Hall–Kier alpha value is -2.66. The average molecular weight is 325 g/mol. The number of aromatic nitrogens is 1. The lowest BCUT2D eigenvalue weighted by Crippen LogP contribution is -1.98. The summed E-state index contributed by atoms with van der Waals surface area (Å²) in [5.74, 6) is 1.39. The first-order valence-corrected chi connectivity index (χ1v) is 7.94. The highest BCUT2D eigenvalue weighted by Gasteiger charge is 2.07. The Morgan fingerprint density at radius 2 is 1.91 bits per heavy atom. The Balaban J connectivity index is 1.70. The standard InChI is InChI=1S/C18H15NO3S/c1-21-16-8-6-13(7-9-16)18-19-15(12-23-18)11-22-17-5-3-2-4-14(17)10-20/h2-10,12H,11H2,1H3. The van der Waals surface area contributed by atoms with E-state index >= 15 is 0 Å². The number of thiazole rings is 1. The Labute approximate surface area is 138 Å². The minimum atomic E-state index is 0.331. The molecule has 0 fully saturated rings. The lowest BCUT2D eigenvalue weighted by atomic mass is 10.2. The lowest BCUT2D eigenvalue weighted by molar-refractivity contribution is 0.111. The predicted octanol–water partition coefficient (Wildman–Crippen LogP) is 4.21. The van der Waals surface area contributed by atoms with Crippen molar-refractivity contribution in [3.05, 3.63) is 65.2 Å². The van der Waals surface area contributed by atoms with Gasteiger partial charge in [-0.25, -0.2) is 4.98 Å². The third-order valence-electron chi connectivity index (χ3n) is 3.31. The number of rotatable bonds is 6. The first-order valence-electron chi connectivity index (χ1n) is 7.06. The molecule has 3 aromatic rings. The van der Waals surface area contributed by atoms with Crippen LogP contribution in [0.2, 0.25) is 0 Å². The summed E-state index contributed by atoms with van der Waals surface area (Å²) in [5.41, 5.74) is 2.41. The van der Waals surface area contributed by atoms with Crippen LogP contribution in [0.25, 0.3) is 10.6 Å². The zero-order valence-electron chi connectivity index (χ0n) is 12.6. The van der Waals surface area contributed by atoms with Gasteiger partial charge in [-0.1, -0.05) is 12.1 Å². The molecule has 0 spiro atoms. The van der Waals surface area contributed by atoms with Gasteiger partial charge in [-0.2, -0.15) is 0 Å². The molecule has 1 aromatic heterocycles. The van der Waals surface area contributed by atoms with Crippen molar-refractivity contribution in [3.63, 3.8) is 0 Å². The van der Waals surface area contributed by atoms with Crippen LogP contribution in [0, 0.1) is 0 Å². The molecule has 0 unspecified atom stereocenters. The zero-order chi connectivity index (χ0) is 16.1. The Morgan fingerprint density at radius 3 is 2.65 bits per heavy atom. The zero-order valence-corrected chi connectivity index (χ0v) is 13.4. The normalized spacial score (nSPS) is 10.3. The number of aldehydes is 1. The molecule has 0 saturated carbocycles. The number of carbonyl (C=O) groups is 1. The molecule has 1 heterocycles. The predicted molar refractivity (Wildman–Crippen MR) is 90.3 cm³/mol. The second-order valence-electron chi connectivity index (χ2n) is 4.82. The number of nitrogens with zero attached hydrogens (tertiary/aromatic N) is 1. The molecule has 0 saturated heterocycles. The summed E-state index contributed by atoms with van der Waals surface area (Å²) in [6.45, 7) is 0.331. The van der Waals surface area contributed by atoms with Crippen LogP contribution in [-0.2, 0) is 6.61 Å². The van der Waals surface area contributed by atoms with Crippen LogP contribution in [0.5, 0.6) is 11.5 Å². The number of carbonyl (C=O) groups excluding carboxylic acids is 1. The first-order chi connectivity index (χ1) is 11.3. The van der Waals surface area contributed by atoms with Gasteiger partial charge in [0.15, 0.2) is 6.29 Å². The molecule has 0 aliphatic carbocycles. The molecule has 5 heteroatoms. The molecular weight excluding hydrogens is 310 g/mol. The van der Waals surface area contributed by atoms with E-state index in [2.05, 4.69) is 4.98 Å². The SMILES string of the molecule is COc1ccc(-c2nc(COc3ccccc3C=O)cs2)cc1. The molecule has 0 N–H and O–H groups in total. The largest absolute Gasteiger partial charge is 0.497 e. The number of hydrogen-bond acceptors (Lipinski definition) is 5. The summed E-state index contributed by atoms with van der Waals surface area (Å²) in [5, 5.41) is 2.89. The van der Waals surface area contributed by atoms with Crippen LogP contribution in [0.3, 0.4) is 0 Å². The van der Waals surface area contributed by atoms with E-state index in [4.69, 9.17) is 9.47 Å². The fourth-order valence-electron chi connectivity index (χ4n) is 2.10. The van der Waals surface area contributed by atoms with Gasteiger partial charge >= 0.3 is 0 Å². The fraction of sp³-hybridized carbons (Fsp3) is 0.111. The molecule has 0 amide bonds. The number of hydrogen-bond donors (Lipinski definition) is 0. The summed E-state index contributed by atoms with van der Waals surface area (Å²) in [7, 11) is 1.64. The second-order valence-corrected chi connectivity index (χ2v) is 5.67. The molecule has 116 valence electrons. The molecule has 0 radical (unpaired) electrons. The van der Waals surface area contributed by atoms with Crippen molar-refractivity contribution in [2.45, 2.75) is 6.61 Å². The van der Waals surface area contributed by atoms with E-state index in [0.717, 1.165) is 28.3 Å². The molecular formula is C18H15NO3S. The smallest absolute Gasteiger partial charge is 0.153 e. The van der Waals surface area contributed by atoms with Gasteiger partial charge in [0, 0.05) is 10.9 Å². The number of methoxy groups -OCH3 is 1. The number of para-hydroxylation sites is 1. The van der Waals surface area contributed by atoms with Gasteiger partial charge in [-0.3, -0.25) is 4.79 Å². The summed E-state index contributed by atoms with van der Waals surface area (Å²) in [4.78, 5) is 15.5. The van der Waals surface area contributed by atoms with Crippen molar-refractivity contribution in [2.75, 3.05) is 7.11 Å². The summed E-state index contributed by atoms with van der Waals surface area (Å²) in [6.07, 6.45) is 0.791. The highest BCUT2D eigenvalue weighted by Crippen LogP contribution is 2.26. The van der Waals surface area contributed by atoms with Crippen molar-refractivity contribution >= 4 is 17.6 Å². The van der Waals surface area contributed by atoms with E-state index in [1.807, 2.05) is 35.7 Å². The Kier molecular flexibility index (Phi) is 4.68. The van der Waals surface area contributed by atoms with E-state index in [1.54, 1.807) is 36.6 Å². The van der Waals surface area contributed by atoms with Gasteiger partial charge in [-0.05, 0) is 36.4 Å². The van der Waals surface area contributed by atoms with Crippen molar-refractivity contribution in [2.24, 2.45) is 0 Å². The topological polar surface area (TPSA) is 48.4 Å². The fourth-order valence-corrected chi connectivity index (χ4v) is 2.91. The third kappa shape index (κ3) is 3.57. The van der Waals surface area contributed by atoms with Gasteiger partial charge in [-0.15, -0.1) is 11.3 Å². The lowest BCUT2D eigenvalue weighted by Gasteiger charge is -2.06. The summed E-state index contributed by atoms with van der Waals surface area (Å²) < 4.78 is 10.8. The second kappa shape index (κ2) is 7.07. The van der Waals surface area contributed by atoms with Crippen molar-refractivity contribution < 1.29 is 14.3 Å². The van der Waals surface area contributed by atoms with E-state index in [1.165, 1.54) is 0 Å². The minimum Gasteiger partial charge on any atom is -0.497 e. The maximum Gasteiger partial charge on any atom is 0.153 e. The summed E-state index contributed by atoms with van der Waals surface area (Å²) in [6, 6.07) is 14.9. The highest BCUT2D eigenvalue weighted by atomic mass is 32.1. The van der Waals surface area contributed by atoms with E-state index < -0.39 is 0 Å². The van der Waals surface area contributed by atoms with Gasteiger partial charge in [0.1, 0.15) is 23.1 Å². The maximum atomic E-state index is 11.0. The van der Waals surface area contributed by atoms with Crippen LogP contribution in [-0.4, -0.2) is 18.4 Å². The van der Waals surface area contributed by atoms with Crippen LogP contribution in [0.4, 0.5) is 0 Å². The van der Waals surface area contributed by atoms with Gasteiger partial charge in [0.05, 0.1) is 18.4 Å². The molecule has 3 rings (SSSR count). The Morgan fingerprint density at radius 1 is 1.13 bits per heavy atom. The number of benzene rings is 2. The van der Waals surface area contributed by atoms with Crippen LogP contribution in [0.15, 0.2) is 53.9 Å². The number of ether oxygens (including phenoxy) is 2. The van der Waals surface area contributed by atoms with Crippen LogP contribution >= 0.6 is 11.3 Å². The molecule has 0 aliphatic heterocycles. The van der Waals surface area contributed by atoms with E-state index in [0.29, 0.717) is 17.9 Å². The van der Waals surface area contributed by atoms with Crippen LogP contribution < -0.4 is 9.47 Å². The van der Waals surface area contributed by atoms with Crippen molar-refractivity contribution in [3.8, 4) is 22.1 Å². The average Bonchev–Trinajstić information content (AvgIpc) is 3.09. The molecule has 2 aromatic carbocycles. The van der Waals surface area contributed by atoms with Gasteiger partial charge < -0.3 is 9.47 Å². The van der Waals surface area contributed by atoms with Gasteiger partial charge in [0.2, 0.25) is 0 Å². The molecule has 0 bridgehead atoms.